The van der Waals surface area contributed by atoms with Crippen molar-refractivity contribution in [3.8, 4) is 0 Å². The van der Waals surface area contributed by atoms with Gasteiger partial charge in [-0.25, -0.2) is 9.59 Å². The first-order valence-electron chi connectivity index (χ1n) is 6.35. The number of nitrogens with one attached hydrogen (secondary N) is 1. The van der Waals surface area contributed by atoms with Crippen LogP contribution in [0.1, 0.15) is 29.8 Å². The lowest BCUT2D eigenvalue weighted by atomic mass is 9.99. The van der Waals surface area contributed by atoms with Gasteiger partial charge in [-0.05, 0) is 36.1 Å². The predicted molar refractivity (Wildman–Crippen MR) is 77.1 cm³/mol. The van der Waals surface area contributed by atoms with E-state index in [0.29, 0.717) is 18.0 Å². The Morgan fingerprint density at radius 2 is 2.15 bits per heavy atom. The highest BCUT2D eigenvalue weighted by molar-refractivity contribution is 5.90. The summed E-state index contributed by atoms with van der Waals surface area (Å²) in [6.07, 6.45) is 1.55. The van der Waals surface area contributed by atoms with Crippen molar-refractivity contribution in [1.82, 2.24) is 0 Å². The molecule has 0 aromatic heterocycles. The van der Waals surface area contributed by atoms with E-state index in [1.165, 1.54) is 12.1 Å². The monoisotopic (exact) mass is 277 g/mol. The van der Waals surface area contributed by atoms with E-state index in [2.05, 4.69) is 11.9 Å². The summed E-state index contributed by atoms with van der Waals surface area (Å²) in [5, 5.41) is 11.6. The molecule has 0 spiro atoms. The molecule has 1 amide bonds. The normalized spacial score (nSPS) is 10.2. The van der Waals surface area contributed by atoms with Crippen LogP contribution in [0.5, 0.6) is 0 Å². The fourth-order valence-electron chi connectivity index (χ4n) is 1.74. The van der Waals surface area contributed by atoms with Gasteiger partial charge in [0.2, 0.25) is 0 Å². The maximum Gasteiger partial charge on any atom is 0.411 e. The van der Waals surface area contributed by atoms with Gasteiger partial charge in [-0.2, -0.15) is 0 Å². The smallest absolute Gasteiger partial charge is 0.411 e. The molecular weight excluding hydrogens is 258 g/mol. The molecule has 0 atom stereocenters. The zero-order chi connectivity index (χ0) is 15.1. The molecule has 0 saturated carbocycles. The standard InChI is InChI=1S/C15H19NO4/c1-4-7-20-15(19)16-13-6-5-11(14(17)18)9-12(13)8-10(2)3/h4-6,9-10H,1,7-8H2,2-3H3,(H,16,19)(H,17,18). The third-order valence-electron chi connectivity index (χ3n) is 2.55. The molecule has 5 nitrogen and oxygen atoms in total. The Morgan fingerprint density at radius 3 is 2.70 bits per heavy atom. The maximum atomic E-state index is 11.5. The van der Waals surface area contributed by atoms with Gasteiger partial charge in [-0.3, -0.25) is 5.32 Å². The van der Waals surface area contributed by atoms with E-state index < -0.39 is 12.1 Å². The van der Waals surface area contributed by atoms with E-state index in [9.17, 15) is 9.59 Å². The number of ether oxygens (including phenoxy) is 1. The summed E-state index contributed by atoms with van der Waals surface area (Å²) in [4.78, 5) is 22.5. The van der Waals surface area contributed by atoms with Crippen molar-refractivity contribution < 1.29 is 19.4 Å². The molecule has 0 unspecified atom stereocenters. The number of amides is 1. The molecule has 108 valence electrons. The molecule has 5 heteroatoms. The molecule has 0 aliphatic heterocycles. The van der Waals surface area contributed by atoms with Crippen LogP contribution in [0.2, 0.25) is 0 Å². The molecule has 1 aromatic rings. The van der Waals surface area contributed by atoms with Crippen LogP contribution >= 0.6 is 0 Å². The first kappa shape index (κ1) is 15.8. The van der Waals surface area contributed by atoms with Crippen molar-refractivity contribution >= 4 is 17.7 Å². The molecular formula is C15H19NO4. The maximum absolute atomic E-state index is 11.5. The largest absolute Gasteiger partial charge is 0.478 e. The molecule has 20 heavy (non-hydrogen) atoms. The van der Waals surface area contributed by atoms with E-state index in [1.807, 2.05) is 13.8 Å². The fourth-order valence-corrected chi connectivity index (χ4v) is 1.74. The van der Waals surface area contributed by atoms with Gasteiger partial charge in [-0.15, -0.1) is 0 Å². The Morgan fingerprint density at radius 1 is 1.45 bits per heavy atom. The van der Waals surface area contributed by atoms with Crippen LogP contribution in [-0.4, -0.2) is 23.8 Å². The number of carboxylic acid groups (broad SMARTS) is 1. The average molecular weight is 277 g/mol. The minimum absolute atomic E-state index is 0.124. The van der Waals surface area contributed by atoms with Gasteiger partial charge in [0, 0.05) is 5.69 Å². The number of carbonyl (C=O) groups is 2. The van der Waals surface area contributed by atoms with Crippen LogP contribution in [0.3, 0.4) is 0 Å². The topological polar surface area (TPSA) is 75.6 Å². The molecule has 1 aromatic carbocycles. The van der Waals surface area contributed by atoms with Crippen molar-refractivity contribution in [3.05, 3.63) is 42.0 Å². The molecule has 1 rings (SSSR count). The highest BCUT2D eigenvalue weighted by Gasteiger charge is 2.12. The summed E-state index contributed by atoms with van der Waals surface area (Å²) in [6.45, 7) is 7.62. The third kappa shape index (κ3) is 4.76. The molecule has 0 fully saturated rings. The Hall–Kier alpha value is -2.30. The summed E-state index contributed by atoms with van der Waals surface area (Å²) in [5.74, 6) is -0.653. The lowest BCUT2D eigenvalue weighted by Crippen LogP contribution is -2.15. The second-order valence-electron chi connectivity index (χ2n) is 4.79. The van der Waals surface area contributed by atoms with Gasteiger partial charge in [0.15, 0.2) is 0 Å². The highest BCUT2D eigenvalue weighted by atomic mass is 16.5. The van der Waals surface area contributed by atoms with Crippen LogP contribution < -0.4 is 5.32 Å². The molecule has 0 heterocycles. The molecule has 0 aliphatic carbocycles. The Bertz CT molecular complexity index is 509. The van der Waals surface area contributed by atoms with Gasteiger partial charge in [0.05, 0.1) is 5.56 Å². The molecule has 0 aliphatic rings. The third-order valence-corrected chi connectivity index (χ3v) is 2.55. The van der Waals surface area contributed by atoms with E-state index in [-0.39, 0.29) is 12.2 Å². The SMILES string of the molecule is C=CCOC(=O)Nc1ccc(C(=O)O)cc1CC(C)C. The van der Waals surface area contributed by atoms with Gasteiger partial charge in [0.1, 0.15) is 6.61 Å². The summed E-state index contributed by atoms with van der Waals surface area (Å²) in [5.41, 5.74) is 1.54. The number of carboxylic acids is 1. The van der Waals surface area contributed by atoms with Crippen LogP contribution in [0.15, 0.2) is 30.9 Å². The second-order valence-corrected chi connectivity index (χ2v) is 4.79. The van der Waals surface area contributed by atoms with Crippen molar-refractivity contribution in [1.29, 1.82) is 0 Å². The summed E-state index contributed by atoms with van der Waals surface area (Å²) in [7, 11) is 0. The zero-order valence-corrected chi connectivity index (χ0v) is 11.7. The van der Waals surface area contributed by atoms with E-state index >= 15 is 0 Å². The first-order valence-corrected chi connectivity index (χ1v) is 6.35. The zero-order valence-electron chi connectivity index (χ0n) is 11.7. The van der Waals surface area contributed by atoms with Crippen molar-refractivity contribution in [2.75, 3.05) is 11.9 Å². The molecule has 0 radical (unpaired) electrons. The molecule has 0 saturated heterocycles. The summed E-state index contributed by atoms with van der Waals surface area (Å²) >= 11 is 0. The summed E-state index contributed by atoms with van der Waals surface area (Å²) < 4.78 is 4.85. The number of hydrogen-bond donors (Lipinski definition) is 2. The first-order chi connectivity index (χ1) is 9.43. The lowest BCUT2D eigenvalue weighted by molar-refractivity contribution is 0.0696. The van der Waals surface area contributed by atoms with Crippen molar-refractivity contribution in [3.63, 3.8) is 0 Å². The highest BCUT2D eigenvalue weighted by Crippen LogP contribution is 2.21. The average Bonchev–Trinajstić information content (AvgIpc) is 2.37. The second kappa shape index (κ2) is 7.33. The lowest BCUT2D eigenvalue weighted by Gasteiger charge is -2.13. The van der Waals surface area contributed by atoms with E-state index in [4.69, 9.17) is 9.84 Å². The van der Waals surface area contributed by atoms with Crippen LogP contribution in [0.4, 0.5) is 10.5 Å². The van der Waals surface area contributed by atoms with Gasteiger partial charge >= 0.3 is 12.1 Å². The van der Waals surface area contributed by atoms with Crippen LogP contribution in [0.25, 0.3) is 0 Å². The summed E-state index contributed by atoms with van der Waals surface area (Å²) in [6, 6.07) is 4.61. The minimum atomic E-state index is -0.990. The number of rotatable bonds is 6. The van der Waals surface area contributed by atoms with Crippen molar-refractivity contribution in [2.45, 2.75) is 20.3 Å². The Balaban J connectivity index is 2.95. The quantitative estimate of drug-likeness (QED) is 0.782. The fraction of sp³-hybridized carbons (Fsp3) is 0.333. The molecule has 0 bridgehead atoms. The number of anilines is 1. The van der Waals surface area contributed by atoms with Crippen LogP contribution in [0, 0.1) is 5.92 Å². The molecule has 2 N–H and O–H groups in total. The van der Waals surface area contributed by atoms with Gasteiger partial charge in [-0.1, -0.05) is 26.5 Å². The Kier molecular flexibility index (Phi) is 5.77. The number of benzene rings is 1. The number of carbonyl (C=O) groups excluding carboxylic acids is 1. The number of hydrogen-bond acceptors (Lipinski definition) is 3. The van der Waals surface area contributed by atoms with E-state index in [0.717, 1.165) is 5.56 Å². The van der Waals surface area contributed by atoms with Gasteiger partial charge in [0.25, 0.3) is 0 Å². The van der Waals surface area contributed by atoms with Crippen molar-refractivity contribution in [2.24, 2.45) is 5.92 Å². The Labute approximate surface area is 118 Å². The van der Waals surface area contributed by atoms with E-state index in [1.54, 1.807) is 12.1 Å². The van der Waals surface area contributed by atoms with Crippen LogP contribution in [-0.2, 0) is 11.2 Å². The number of aromatic carboxylic acids is 1. The minimum Gasteiger partial charge on any atom is -0.478 e. The predicted octanol–water partition coefficient (Wildman–Crippen LogP) is 3.32. The van der Waals surface area contributed by atoms with Gasteiger partial charge < -0.3 is 9.84 Å².